The standard InChI is InChI=1S/C31H33N5/c1-2-23-19-28(35-30(23)26-5-3-17-32-26)24-13-9-21(10-14-24)7-8-22-11-15-25(16-12-22)29-20-34-31(36-29)27-6-4-18-33-27/h9-16,19-20,26-27,32-33,35H,2-6,17-18H2,1H3,(H,34,36). The highest BCUT2D eigenvalue weighted by atomic mass is 15.0. The molecule has 2 atom stereocenters. The van der Waals surface area contributed by atoms with Crippen LogP contribution >= 0.6 is 0 Å². The Kier molecular flexibility index (Phi) is 6.46. The molecule has 0 aliphatic carbocycles. The SMILES string of the molecule is CCc1cc(-c2ccc(C#Cc3ccc(-c4cnc(C5CCCN5)[nH]4)cc3)cc2)[nH]c1C1CCCN1. The number of imidazole rings is 1. The zero-order valence-corrected chi connectivity index (χ0v) is 20.8. The van der Waals surface area contributed by atoms with Crippen LogP contribution in [0.2, 0.25) is 0 Å². The molecular formula is C31H33N5. The summed E-state index contributed by atoms with van der Waals surface area (Å²) in [6, 6.07) is 20.1. The van der Waals surface area contributed by atoms with Crippen molar-refractivity contribution in [1.29, 1.82) is 0 Å². The summed E-state index contributed by atoms with van der Waals surface area (Å²) in [6.07, 6.45) is 7.79. The van der Waals surface area contributed by atoms with Gasteiger partial charge in [-0.05, 0) is 92.2 Å². The van der Waals surface area contributed by atoms with Gasteiger partial charge < -0.3 is 20.6 Å². The van der Waals surface area contributed by atoms with Crippen molar-refractivity contribution in [1.82, 2.24) is 25.6 Å². The molecule has 5 heteroatoms. The van der Waals surface area contributed by atoms with E-state index in [2.05, 4.69) is 98.9 Å². The van der Waals surface area contributed by atoms with E-state index in [0.29, 0.717) is 12.1 Å². The van der Waals surface area contributed by atoms with E-state index in [1.807, 2.05) is 6.20 Å². The Bertz CT molecular complexity index is 1370. The number of hydrogen-bond donors (Lipinski definition) is 4. The number of aromatic amines is 2. The van der Waals surface area contributed by atoms with E-state index in [9.17, 15) is 0 Å². The van der Waals surface area contributed by atoms with Gasteiger partial charge in [-0.1, -0.05) is 43.0 Å². The minimum atomic E-state index is 0.354. The third-order valence-electron chi connectivity index (χ3n) is 7.45. The maximum atomic E-state index is 4.58. The van der Waals surface area contributed by atoms with Crippen LogP contribution in [-0.4, -0.2) is 28.0 Å². The molecule has 4 aromatic rings. The van der Waals surface area contributed by atoms with Gasteiger partial charge in [-0.15, -0.1) is 0 Å². The van der Waals surface area contributed by atoms with Crippen LogP contribution in [0.4, 0.5) is 0 Å². The molecule has 0 radical (unpaired) electrons. The molecule has 2 aliphatic rings. The second-order valence-corrected chi connectivity index (χ2v) is 9.86. The largest absolute Gasteiger partial charge is 0.357 e. The van der Waals surface area contributed by atoms with Crippen molar-refractivity contribution in [3.05, 3.63) is 89.0 Å². The number of nitrogens with zero attached hydrogens (tertiary/aromatic N) is 1. The molecule has 36 heavy (non-hydrogen) atoms. The average molecular weight is 476 g/mol. The Morgan fingerprint density at radius 1 is 0.778 bits per heavy atom. The van der Waals surface area contributed by atoms with Crippen molar-refractivity contribution in [2.45, 2.75) is 51.1 Å². The van der Waals surface area contributed by atoms with E-state index in [0.717, 1.165) is 54.1 Å². The van der Waals surface area contributed by atoms with E-state index >= 15 is 0 Å². The van der Waals surface area contributed by atoms with E-state index in [-0.39, 0.29) is 0 Å². The first-order valence-electron chi connectivity index (χ1n) is 13.2. The van der Waals surface area contributed by atoms with Crippen molar-refractivity contribution in [2.24, 2.45) is 0 Å². The first kappa shape index (κ1) is 22.8. The fourth-order valence-corrected chi connectivity index (χ4v) is 5.39. The van der Waals surface area contributed by atoms with Gasteiger partial charge in [0, 0.05) is 28.6 Å². The number of H-pyrrole nitrogens is 2. The molecule has 0 spiro atoms. The maximum Gasteiger partial charge on any atom is 0.123 e. The van der Waals surface area contributed by atoms with Gasteiger partial charge in [0.05, 0.1) is 17.9 Å². The molecule has 0 bridgehead atoms. The van der Waals surface area contributed by atoms with Crippen LogP contribution in [0.3, 0.4) is 0 Å². The van der Waals surface area contributed by atoms with Crippen LogP contribution in [0, 0.1) is 11.8 Å². The molecule has 2 saturated heterocycles. The molecule has 2 aromatic heterocycles. The highest BCUT2D eigenvalue weighted by Crippen LogP contribution is 2.30. The van der Waals surface area contributed by atoms with Crippen LogP contribution in [0.5, 0.6) is 0 Å². The summed E-state index contributed by atoms with van der Waals surface area (Å²) >= 11 is 0. The predicted molar refractivity (Wildman–Crippen MR) is 146 cm³/mol. The van der Waals surface area contributed by atoms with Crippen LogP contribution < -0.4 is 10.6 Å². The molecule has 4 heterocycles. The number of nitrogens with one attached hydrogen (secondary N) is 4. The Hall–Kier alpha value is -3.59. The fourth-order valence-electron chi connectivity index (χ4n) is 5.39. The second-order valence-electron chi connectivity index (χ2n) is 9.86. The zero-order valence-electron chi connectivity index (χ0n) is 20.8. The Balaban J connectivity index is 1.14. The van der Waals surface area contributed by atoms with Gasteiger partial charge in [0.25, 0.3) is 0 Å². The summed E-state index contributed by atoms with van der Waals surface area (Å²) in [7, 11) is 0. The number of benzene rings is 2. The van der Waals surface area contributed by atoms with Gasteiger partial charge in [-0.2, -0.15) is 0 Å². The molecular weight excluding hydrogens is 442 g/mol. The Morgan fingerprint density at radius 2 is 1.39 bits per heavy atom. The van der Waals surface area contributed by atoms with Gasteiger partial charge in [-0.3, -0.25) is 0 Å². The molecule has 2 unspecified atom stereocenters. The summed E-state index contributed by atoms with van der Waals surface area (Å²) in [5.74, 6) is 7.65. The Labute approximate surface area is 213 Å². The van der Waals surface area contributed by atoms with Crippen LogP contribution in [0.15, 0.2) is 60.8 Å². The zero-order chi connectivity index (χ0) is 24.3. The third-order valence-corrected chi connectivity index (χ3v) is 7.45. The summed E-state index contributed by atoms with van der Waals surface area (Å²) in [5.41, 5.74) is 9.38. The normalized spacial score (nSPS) is 19.4. The summed E-state index contributed by atoms with van der Waals surface area (Å²) in [6.45, 7) is 4.42. The van der Waals surface area contributed by atoms with Crippen molar-refractivity contribution in [2.75, 3.05) is 13.1 Å². The van der Waals surface area contributed by atoms with Crippen LogP contribution in [-0.2, 0) is 6.42 Å². The second kappa shape index (κ2) is 10.2. The molecule has 5 nitrogen and oxygen atoms in total. The lowest BCUT2D eigenvalue weighted by atomic mass is 10.1. The Morgan fingerprint density at radius 3 is 1.97 bits per heavy atom. The fraction of sp³-hybridized carbons (Fsp3) is 0.323. The van der Waals surface area contributed by atoms with Crippen molar-refractivity contribution in [3.63, 3.8) is 0 Å². The first-order valence-corrected chi connectivity index (χ1v) is 13.2. The lowest BCUT2D eigenvalue weighted by molar-refractivity contribution is 0.613. The van der Waals surface area contributed by atoms with Gasteiger partial charge in [0.1, 0.15) is 5.82 Å². The first-order chi connectivity index (χ1) is 17.8. The summed E-state index contributed by atoms with van der Waals surface area (Å²) < 4.78 is 0. The number of aryl methyl sites for hydroxylation is 1. The van der Waals surface area contributed by atoms with Gasteiger partial charge in [0.2, 0.25) is 0 Å². The summed E-state index contributed by atoms with van der Waals surface area (Å²) in [4.78, 5) is 11.8. The van der Waals surface area contributed by atoms with E-state index in [4.69, 9.17) is 0 Å². The lowest BCUT2D eigenvalue weighted by Gasteiger charge is -2.10. The van der Waals surface area contributed by atoms with Gasteiger partial charge >= 0.3 is 0 Å². The molecule has 182 valence electrons. The molecule has 6 rings (SSSR count). The van der Waals surface area contributed by atoms with E-state index in [1.54, 1.807) is 0 Å². The van der Waals surface area contributed by atoms with Crippen molar-refractivity contribution >= 4 is 0 Å². The molecule has 4 N–H and O–H groups in total. The minimum absolute atomic E-state index is 0.354. The number of aromatic nitrogens is 3. The molecule has 0 saturated carbocycles. The summed E-state index contributed by atoms with van der Waals surface area (Å²) in [5, 5.41) is 7.12. The topological polar surface area (TPSA) is 68.5 Å². The van der Waals surface area contributed by atoms with Crippen LogP contribution in [0.1, 0.15) is 72.9 Å². The van der Waals surface area contributed by atoms with Crippen molar-refractivity contribution < 1.29 is 0 Å². The number of rotatable bonds is 5. The molecule has 2 fully saturated rings. The van der Waals surface area contributed by atoms with Gasteiger partial charge in [-0.25, -0.2) is 4.98 Å². The minimum Gasteiger partial charge on any atom is -0.357 e. The van der Waals surface area contributed by atoms with E-state index < -0.39 is 0 Å². The third kappa shape index (κ3) is 4.75. The highest BCUT2D eigenvalue weighted by molar-refractivity contribution is 5.64. The molecule has 2 aliphatic heterocycles. The average Bonchev–Trinajstić information content (AvgIpc) is 3.74. The molecule has 0 amide bonds. The monoisotopic (exact) mass is 475 g/mol. The lowest BCUT2D eigenvalue weighted by Crippen LogP contribution is -2.14. The smallest absolute Gasteiger partial charge is 0.123 e. The quantitative estimate of drug-likeness (QED) is 0.272. The van der Waals surface area contributed by atoms with Crippen molar-refractivity contribution in [3.8, 4) is 34.4 Å². The highest BCUT2D eigenvalue weighted by Gasteiger charge is 2.21. The predicted octanol–water partition coefficient (Wildman–Crippen LogP) is 5.88. The van der Waals surface area contributed by atoms with Gasteiger partial charge in [0.15, 0.2) is 0 Å². The molecule has 2 aromatic carbocycles. The maximum absolute atomic E-state index is 4.58. The van der Waals surface area contributed by atoms with Crippen LogP contribution in [0.25, 0.3) is 22.5 Å². The number of hydrogen-bond acceptors (Lipinski definition) is 3. The van der Waals surface area contributed by atoms with E-state index in [1.165, 1.54) is 41.8 Å².